The normalized spacial score (nSPS) is 10.3. The molecule has 0 saturated heterocycles. The zero-order valence-electron chi connectivity index (χ0n) is 10.1. The lowest BCUT2D eigenvalue weighted by Crippen LogP contribution is -2.07. The van der Waals surface area contributed by atoms with Gasteiger partial charge in [-0.25, -0.2) is 4.98 Å². The van der Waals surface area contributed by atoms with Crippen LogP contribution in [-0.4, -0.2) is 17.6 Å². The molecular weight excluding hydrogens is 248 g/mol. The van der Waals surface area contributed by atoms with Crippen LogP contribution in [0.1, 0.15) is 12.6 Å². The fourth-order valence-corrected chi connectivity index (χ4v) is 2.37. The Morgan fingerprint density at radius 3 is 3.06 bits per heavy atom. The summed E-state index contributed by atoms with van der Waals surface area (Å²) in [5.41, 5.74) is 8.13. The summed E-state index contributed by atoms with van der Waals surface area (Å²) in [5.74, 6) is -0.248. The number of rotatable bonds is 4. The van der Waals surface area contributed by atoms with Crippen molar-refractivity contribution in [2.45, 2.75) is 13.3 Å². The number of nitrogens with zero attached hydrogens (tertiary/aromatic N) is 1. The number of hydrogen-bond acceptors (Lipinski definition) is 5. The van der Waals surface area contributed by atoms with Crippen LogP contribution in [0.3, 0.4) is 0 Å². The van der Waals surface area contributed by atoms with Crippen molar-refractivity contribution in [1.82, 2.24) is 4.98 Å². The highest BCUT2D eigenvalue weighted by atomic mass is 32.1. The van der Waals surface area contributed by atoms with E-state index in [1.165, 1.54) is 11.3 Å². The smallest absolute Gasteiger partial charge is 0.311 e. The molecule has 2 N–H and O–H groups in total. The monoisotopic (exact) mass is 262 g/mol. The molecule has 1 heterocycles. The predicted molar refractivity (Wildman–Crippen MR) is 72.3 cm³/mol. The first kappa shape index (κ1) is 12.6. The number of anilines is 1. The van der Waals surface area contributed by atoms with Crippen LogP contribution in [0, 0.1) is 0 Å². The molecule has 2 rings (SSSR count). The third kappa shape index (κ3) is 3.07. The number of esters is 1. The number of benzene rings is 1. The molecule has 1 aromatic carbocycles. The molecule has 0 bridgehead atoms. The van der Waals surface area contributed by atoms with Crippen molar-refractivity contribution in [1.29, 1.82) is 0 Å². The molecule has 0 radical (unpaired) electrons. The lowest BCUT2D eigenvalue weighted by Gasteiger charge is -1.99. The fraction of sp³-hybridized carbons (Fsp3) is 0.231. The quantitative estimate of drug-likeness (QED) is 0.679. The SMILES string of the molecule is CCOC(=O)Cc1csc(-c2cccc(N)c2)n1. The van der Waals surface area contributed by atoms with E-state index >= 15 is 0 Å². The highest BCUT2D eigenvalue weighted by Gasteiger charge is 2.09. The minimum Gasteiger partial charge on any atom is -0.466 e. The molecule has 4 nitrogen and oxygen atoms in total. The van der Waals surface area contributed by atoms with Crippen molar-refractivity contribution in [2.24, 2.45) is 0 Å². The van der Waals surface area contributed by atoms with E-state index in [0.717, 1.165) is 16.3 Å². The lowest BCUT2D eigenvalue weighted by atomic mass is 10.2. The highest BCUT2D eigenvalue weighted by Crippen LogP contribution is 2.25. The molecule has 0 spiro atoms. The first-order chi connectivity index (χ1) is 8.69. The molecule has 1 aromatic heterocycles. The maximum atomic E-state index is 11.3. The average Bonchev–Trinajstić information content (AvgIpc) is 2.78. The topological polar surface area (TPSA) is 65.2 Å². The van der Waals surface area contributed by atoms with Gasteiger partial charge in [-0.1, -0.05) is 12.1 Å². The number of thiazole rings is 1. The molecule has 5 heteroatoms. The first-order valence-electron chi connectivity index (χ1n) is 5.65. The van der Waals surface area contributed by atoms with E-state index in [1.54, 1.807) is 6.92 Å². The number of ether oxygens (including phenoxy) is 1. The molecule has 0 atom stereocenters. The zero-order chi connectivity index (χ0) is 13.0. The van der Waals surface area contributed by atoms with Crippen molar-refractivity contribution in [2.75, 3.05) is 12.3 Å². The van der Waals surface area contributed by atoms with Gasteiger partial charge < -0.3 is 10.5 Å². The van der Waals surface area contributed by atoms with Gasteiger partial charge in [0.25, 0.3) is 0 Å². The van der Waals surface area contributed by atoms with E-state index in [2.05, 4.69) is 4.98 Å². The molecule has 0 aliphatic rings. The van der Waals surface area contributed by atoms with Gasteiger partial charge in [0, 0.05) is 16.6 Å². The Balaban J connectivity index is 2.13. The Morgan fingerprint density at radius 2 is 2.33 bits per heavy atom. The molecule has 0 aliphatic heterocycles. The zero-order valence-corrected chi connectivity index (χ0v) is 10.9. The summed E-state index contributed by atoms with van der Waals surface area (Å²) in [6.07, 6.45) is 0.215. The van der Waals surface area contributed by atoms with Gasteiger partial charge in [-0.3, -0.25) is 4.79 Å². The minimum absolute atomic E-state index is 0.215. The summed E-state index contributed by atoms with van der Waals surface area (Å²) < 4.78 is 4.89. The second kappa shape index (κ2) is 5.64. The van der Waals surface area contributed by atoms with Crippen LogP contribution in [0.4, 0.5) is 5.69 Å². The largest absolute Gasteiger partial charge is 0.466 e. The molecule has 94 valence electrons. The van der Waals surface area contributed by atoms with Crippen LogP contribution < -0.4 is 5.73 Å². The van der Waals surface area contributed by atoms with Crippen molar-refractivity contribution in [3.8, 4) is 10.6 Å². The Hall–Kier alpha value is -1.88. The maximum Gasteiger partial charge on any atom is 0.311 e. The van der Waals surface area contributed by atoms with Gasteiger partial charge in [-0.2, -0.15) is 0 Å². The van der Waals surface area contributed by atoms with E-state index < -0.39 is 0 Å². The summed E-state index contributed by atoms with van der Waals surface area (Å²) in [6.45, 7) is 2.18. The maximum absolute atomic E-state index is 11.3. The van der Waals surface area contributed by atoms with Crippen LogP contribution in [0.5, 0.6) is 0 Å². The molecule has 0 saturated carbocycles. The summed E-state index contributed by atoms with van der Waals surface area (Å²) >= 11 is 1.50. The molecule has 0 fully saturated rings. The van der Waals surface area contributed by atoms with Gasteiger partial charge in [-0.05, 0) is 19.1 Å². The third-order valence-electron chi connectivity index (χ3n) is 2.32. The average molecular weight is 262 g/mol. The molecular formula is C13H14N2O2S. The van der Waals surface area contributed by atoms with Crippen LogP contribution in [0.25, 0.3) is 10.6 Å². The summed E-state index contributed by atoms with van der Waals surface area (Å²) in [7, 11) is 0. The fourth-order valence-electron chi connectivity index (χ4n) is 1.55. The molecule has 0 aliphatic carbocycles. The third-order valence-corrected chi connectivity index (χ3v) is 3.26. The van der Waals surface area contributed by atoms with Crippen molar-refractivity contribution < 1.29 is 9.53 Å². The lowest BCUT2D eigenvalue weighted by molar-refractivity contribution is -0.142. The van der Waals surface area contributed by atoms with Gasteiger partial charge in [0.1, 0.15) is 5.01 Å². The van der Waals surface area contributed by atoms with Gasteiger partial charge in [0.05, 0.1) is 18.7 Å². The number of nitrogen functional groups attached to an aromatic ring is 1. The van der Waals surface area contributed by atoms with E-state index in [1.807, 2.05) is 29.6 Å². The highest BCUT2D eigenvalue weighted by molar-refractivity contribution is 7.13. The van der Waals surface area contributed by atoms with E-state index in [9.17, 15) is 4.79 Å². The molecule has 0 amide bonds. The Morgan fingerprint density at radius 1 is 1.50 bits per heavy atom. The van der Waals surface area contributed by atoms with Crippen molar-refractivity contribution in [3.05, 3.63) is 35.3 Å². The van der Waals surface area contributed by atoms with Gasteiger partial charge in [0.15, 0.2) is 0 Å². The molecule has 2 aromatic rings. The summed E-state index contributed by atoms with van der Waals surface area (Å²) in [5, 5.41) is 2.73. The predicted octanol–water partition coefficient (Wildman–Crippen LogP) is 2.50. The second-order valence-electron chi connectivity index (χ2n) is 3.75. The number of aromatic nitrogens is 1. The Kier molecular flexibility index (Phi) is 3.94. The van der Waals surface area contributed by atoms with Crippen molar-refractivity contribution >= 4 is 23.0 Å². The minimum atomic E-state index is -0.248. The van der Waals surface area contributed by atoms with E-state index in [-0.39, 0.29) is 12.4 Å². The van der Waals surface area contributed by atoms with Gasteiger partial charge >= 0.3 is 5.97 Å². The van der Waals surface area contributed by atoms with E-state index in [0.29, 0.717) is 12.3 Å². The summed E-state index contributed by atoms with van der Waals surface area (Å²) in [6, 6.07) is 7.53. The van der Waals surface area contributed by atoms with Crippen molar-refractivity contribution in [3.63, 3.8) is 0 Å². The molecule has 0 unspecified atom stereocenters. The van der Waals surface area contributed by atoms with Gasteiger partial charge in [0.2, 0.25) is 0 Å². The van der Waals surface area contributed by atoms with Crippen LogP contribution in [0.15, 0.2) is 29.6 Å². The Labute approximate surface area is 109 Å². The first-order valence-corrected chi connectivity index (χ1v) is 6.53. The van der Waals surface area contributed by atoms with Crippen LogP contribution >= 0.6 is 11.3 Å². The summed E-state index contributed by atoms with van der Waals surface area (Å²) in [4.78, 5) is 15.7. The van der Waals surface area contributed by atoms with Crippen LogP contribution in [-0.2, 0) is 16.0 Å². The standard InChI is InChI=1S/C13H14N2O2S/c1-2-17-12(16)7-11-8-18-13(15-11)9-4-3-5-10(14)6-9/h3-6,8H,2,7,14H2,1H3. The molecule has 18 heavy (non-hydrogen) atoms. The number of carbonyl (C=O) groups excluding carboxylic acids is 1. The van der Waals surface area contributed by atoms with Crippen LogP contribution in [0.2, 0.25) is 0 Å². The Bertz CT molecular complexity index is 551. The number of nitrogens with two attached hydrogens (primary N) is 1. The number of hydrogen-bond donors (Lipinski definition) is 1. The number of carbonyl (C=O) groups is 1. The second-order valence-corrected chi connectivity index (χ2v) is 4.61. The van der Waals surface area contributed by atoms with Gasteiger partial charge in [-0.15, -0.1) is 11.3 Å². The van der Waals surface area contributed by atoms with E-state index in [4.69, 9.17) is 10.5 Å².